The minimum Gasteiger partial charge on any atom is -0.543 e. The van der Waals surface area contributed by atoms with Crippen LogP contribution in [0.5, 0.6) is 5.75 Å². The average molecular weight is 787 g/mol. The number of allylic oxidation sites excluding steroid dienone is 1. The van der Waals surface area contributed by atoms with E-state index >= 15 is 0 Å². The number of hydrogen-bond donors (Lipinski definition) is 3. The zero-order chi connectivity index (χ0) is 38.6. The molecule has 3 aromatic rings. The molecule has 286 valence electrons. The number of aromatic nitrogens is 2. The van der Waals surface area contributed by atoms with Crippen LogP contribution in [0.3, 0.4) is 0 Å². The molecule has 4 N–H and O–H groups in total. The van der Waals surface area contributed by atoms with Gasteiger partial charge in [-0.3, -0.25) is 24.1 Å². The van der Waals surface area contributed by atoms with Crippen LogP contribution in [0.4, 0.5) is 10.8 Å². The van der Waals surface area contributed by atoms with Gasteiger partial charge in [-0.25, -0.2) is 4.98 Å². The smallest absolute Gasteiger partial charge is 0.290 e. The molecule has 55 heavy (non-hydrogen) atoms. The van der Waals surface area contributed by atoms with Crippen LogP contribution in [0.15, 0.2) is 82.2 Å². The molecule has 0 unspecified atom stereocenters. The fourth-order valence-electron chi connectivity index (χ4n) is 6.80. The summed E-state index contributed by atoms with van der Waals surface area (Å²) in [5, 5.41) is 23.1. The largest absolute Gasteiger partial charge is 0.543 e. The van der Waals surface area contributed by atoms with E-state index in [1.54, 1.807) is 58.6 Å². The van der Waals surface area contributed by atoms with Gasteiger partial charge in [0.1, 0.15) is 29.0 Å². The number of nitrogens with zero attached hydrogens (tertiary/aromatic N) is 5. The molecule has 2 atom stereocenters. The number of likely N-dealkylation sites (tertiary alicyclic amines) is 1. The summed E-state index contributed by atoms with van der Waals surface area (Å²) in [4.78, 5) is 77.8. The number of rotatable bonds is 13. The third-order valence-electron chi connectivity index (χ3n) is 9.65. The van der Waals surface area contributed by atoms with E-state index in [0.29, 0.717) is 36.5 Å². The van der Waals surface area contributed by atoms with Crippen molar-refractivity contribution in [3.8, 4) is 5.75 Å². The van der Waals surface area contributed by atoms with Crippen LogP contribution in [0.25, 0.3) is 0 Å². The van der Waals surface area contributed by atoms with Crippen LogP contribution in [0.1, 0.15) is 43.4 Å². The molecule has 0 bridgehead atoms. The van der Waals surface area contributed by atoms with Crippen molar-refractivity contribution in [1.82, 2.24) is 20.1 Å². The van der Waals surface area contributed by atoms with Gasteiger partial charge in [0.2, 0.25) is 12.5 Å². The van der Waals surface area contributed by atoms with Gasteiger partial charge in [-0.1, -0.05) is 5.16 Å². The Hall–Kier alpha value is -5.75. The van der Waals surface area contributed by atoms with Crippen molar-refractivity contribution in [3.63, 3.8) is 0 Å². The third-order valence-corrected chi connectivity index (χ3v) is 11.6. The lowest BCUT2D eigenvalue weighted by Gasteiger charge is -2.50. The first-order chi connectivity index (χ1) is 26.6. The van der Waals surface area contributed by atoms with Crippen molar-refractivity contribution in [2.75, 3.05) is 30.5 Å². The molecule has 1 saturated carbocycles. The minimum absolute atomic E-state index is 0.0933. The number of nitrogens with two attached hydrogens (primary N) is 1. The number of carbonyl (C=O) groups is 5. The number of thiazole rings is 1. The molecule has 2 aromatic heterocycles. The first kappa shape index (κ1) is 37.6. The maximum atomic E-state index is 13.4. The van der Waals surface area contributed by atoms with Gasteiger partial charge in [0.05, 0.1) is 18.8 Å². The molecule has 0 radical (unpaired) electrons. The lowest BCUT2D eigenvalue weighted by molar-refractivity contribution is -0.684. The second-order valence-electron chi connectivity index (χ2n) is 13.3. The van der Waals surface area contributed by atoms with Crippen molar-refractivity contribution in [1.29, 1.82) is 0 Å². The molecule has 18 heteroatoms. The van der Waals surface area contributed by atoms with E-state index in [0.717, 1.165) is 47.5 Å². The Morgan fingerprint density at radius 1 is 1.13 bits per heavy atom. The number of hydrogen-bond acceptors (Lipinski definition) is 13. The quantitative estimate of drug-likeness (QED) is 0.0734. The molecule has 4 amide bonds. The Balaban J connectivity index is 0.973. The van der Waals surface area contributed by atoms with Crippen molar-refractivity contribution < 1.29 is 43.2 Å². The third kappa shape index (κ3) is 8.34. The maximum absolute atomic E-state index is 13.4. The first-order valence-electron chi connectivity index (χ1n) is 17.6. The maximum Gasteiger partial charge on any atom is 0.290 e. The van der Waals surface area contributed by atoms with Gasteiger partial charge in [-0.05, 0) is 73.6 Å². The molecule has 5 heterocycles. The van der Waals surface area contributed by atoms with E-state index < -0.39 is 29.2 Å². The lowest BCUT2D eigenvalue weighted by atomic mass is 10.0. The molecular weight excluding hydrogens is 749 g/mol. The monoisotopic (exact) mass is 786 g/mol. The van der Waals surface area contributed by atoms with Gasteiger partial charge < -0.3 is 40.7 Å². The predicted molar refractivity (Wildman–Crippen MR) is 200 cm³/mol. The van der Waals surface area contributed by atoms with Crippen LogP contribution < -0.4 is 30.8 Å². The molecule has 4 aliphatic rings. The Morgan fingerprint density at radius 3 is 2.55 bits per heavy atom. The standard InChI is InChI=1S/C37H38N8O8S2/c1-52-25-8-6-24(7-9-25)39-28(46)18-43-13-10-21(11-14-43)17-44-15-12-22(33(44)48)16-23-19-54-35-30(34(49)45(35)31(23)36(50)51)41-32(47)29(27-20-55-37(38)40-27)42-53-26-4-2-3-5-26/h6-11,13-14,16,20,26,30,35H,2-5,12,15,17-19H2,1H3,(H4-,38,39,40,41,46,47,50,51)/b22-16+,42-29-/t30-,35-/m1/s1. The number of aliphatic carboxylic acids is 1. The molecule has 0 spiro atoms. The van der Waals surface area contributed by atoms with Crippen molar-refractivity contribution in [2.45, 2.75) is 62.7 Å². The molecule has 2 saturated heterocycles. The van der Waals surface area contributed by atoms with E-state index in [4.69, 9.17) is 15.3 Å². The van der Waals surface area contributed by atoms with E-state index in [1.807, 2.05) is 12.1 Å². The summed E-state index contributed by atoms with van der Waals surface area (Å²) in [6.45, 7) is 0.827. The molecular formula is C37H38N8O8S2. The van der Waals surface area contributed by atoms with Crippen LogP contribution in [0, 0.1) is 0 Å². The number of carboxylic acids is 1. The van der Waals surface area contributed by atoms with Gasteiger partial charge in [0.15, 0.2) is 23.2 Å². The summed E-state index contributed by atoms with van der Waals surface area (Å²) >= 11 is 2.40. The normalized spacial score (nSPS) is 20.7. The number of pyridine rings is 1. The SMILES string of the molecule is COc1ccc(NC(=O)C[n+]2ccc(CN3CC/C(=C\C4=C(C(=O)[O-])N5C(=O)[C@@H](NC(=O)/C(=N\OC6CCCC6)c6csc(N)n6)[C@H]5SC4)C3=O)cc2)cc1. The van der Waals surface area contributed by atoms with Gasteiger partial charge in [-0.15, -0.1) is 23.1 Å². The zero-order valence-corrected chi connectivity index (χ0v) is 31.4. The van der Waals surface area contributed by atoms with E-state index in [2.05, 4.69) is 20.8 Å². The minimum atomic E-state index is -1.56. The number of carboxylic acid groups (broad SMARTS) is 1. The summed E-state index contributed by atoms with van der Waals surface area (Å²) in [5.41, 5.74) is 7.75. The number of nitrogen functional groups attached to an aromatic ring is 1. The number of β-lactam (4-membered cyclic amide) rings is 1. The molecule has 16 nitrogen and oxygen atoms in total. The highest BCUT2D eigenvalue weighted by molar-refractivity contribution is 8.00. The fraction of sp³-hybridized carbons (Fsp3) is 0.351. The average Bonchev–Trinajstić information content (AvgIpc) is 3.94. The van der Waals surface area contributed by atoms with Crippen LogP contribution in [0.2, 0.25) is 0 Å². The number of anilines is 2. The fourth-order valence-corrected chi connectivity index (χ4v) is 8.65. The van der Waals surface area contributed by atoms with E-state index in [9.17, 15) is 29.1 Å². The van der Waals surface area contributed by atoms with Gasteiger partial charge in [0.25, 0.3) is 17.7 Å². The zero-order valence-electron chi connectivity index (χ0n) is 29.8. The van der Waals surface area contributed by atoms with Crippen LogP contribution >= 0.6 is 23.1 Å². The second-order valence-corrected chi connectivity index (χ2v) is 15.3. The van der Waals surface area contributed by atoms with Gasteiger partial charge in [0, 0.05) is 47.6 Å². The Morgan fingerprint density at radius 2 is 1.87 bits per heavy atom. The van der Waals surface area contributed by atoms with Crippen LogP contribution in [-0.2, 0) is 41.9 Å². The highest BCUT2D eigenvalue weighted by Gasteiger charge is 2.53. The Bertz CT molecular complexity index is 2090. The molecule has 1 aromatic carbocycles. The number of benzene rings is 1. The number of fused-ring (bicyclic) bond motifs is 1. The molecule has 7 rings (SSSR count). The topological polar surface area (TPSA) is 213 Å². The molecule has 1 aliphatic carbocycles. The van der Waals surface area contributed by atoms with Crippen molar-refractivity contribution in [3.05, 3.63) is 88.3 Å². The number of carbonyl (C=O) groups excluding carboxylic acids is 5. The van der Waals surface area contributed by atoms with Gasteiger partial charge in [-0.2, -0.15) is 4.57 Å². The Kier molecular flexibility index (Phi) is 11.1. The highest BCUT2D eigenvalue weighted by atomic mass is 32.2. The summed E-state index contributed by atoms with van der Waals surface area (Å²) < 4.78 is 6.87. The molecule has 3 aliphatic heterocycles. The number of amides is 4. The van der Waals surface area contributed by atoms with Crippen molar-refractivity contribution in [2.24, 2.45) is 5.16 Å². The summed E-state index contributed by atoms with van der Waals surface area (Å²) in [7, 11) is 1.57. The van der Waals surface area contributed by atoms with Crippen LogP contribution in [-0.4, -0.2) is 87.0 Å². The number of oxime groups is 1. The molecule has 3 fully saturated rings. The summed E-state index contributed by atoms with van der Waals surface area (Å²) in [5.74, 6) is -2.48. The predicted octanol–water partition coefficient (Wildman–Crippen LogP) is 1.09. The number of nitrogens with one attached hydrogen (secondary N) is 2. The first-order valence-corrected chi connectivity index (χ1v) is 19.6. The number of methoxy groups -OCH3 is 1. The highest BCUT2D eigenvalue weighted by Crippen LogP contribution is 2.41. The number of ether oxygens (including phenoxy) is 1. The van der Waals surface area contributed by atoms with E-state index in [-0.39, 0.29) is 58.0 Å². The number of thioether (sulfide) groups is 1. The van der Waals surface area contributed by atoms with E-state index in [1.165, 1.54) is 17.8 Å². The second kappa shape index (κ2) is 16.3. The summed E-state index contributed by atoms with van der Waals surface area (Å²) in [6, 6.07) is 9.65. The Labute approximate surface area is 324 Å². The lowest BCUT2D eigenvalue weighted by Crippen LogP contribution is -2.71. The summed E-state index contributed by atoms with van der Waals surface area (Å²) in [6.07, 6.45) is 8.95. The van der Waals surface area contributed by atoms with Gasteiger partial charge >= 0.3 is 0 Å². The van der Waals surface area contributed by atoms with Crippen molar-refractivity contribution >= 4 is 69.2 Å².